The average molecular weight is 483 g/mol. The maximum atomic E-state index is 11.5. The predicted octanol–water partition coefficient (Wildman–Crippen LogP) is 0.155. The minimum absolute atomic E-state index is 0. The van der Waals surface area contributed by atoms with E-state index in [-0.39, 0.29) is 42.5 Å². The number of halogens is 1. The van der Waals surface area contributed by atoms with Gasteiger partial charge in [-0.15, -0.1) is 24.0 Å². The van der Waals surface area contributed by atoms with Crippen LogP contribution in [0.25, 0.3) is 0 Å². The standard InChI is InChI=1S/C16H29N5O4.HI/c1-2-17-15(19-6-7-21-14(22)10-20-16(21)23)18-5-3-8-24-11-13-4-9-25-12-13;/h13H,2-12H2,1H3,(H,20,23)(H2,17,18,19);1H. The maximum Gasteiger partial charge on any atom is 0.324 e. The lowest BCUT2D eigenvalue weighted by molar-refractivity contribution is -0.124. The first-order valence-electron chi connectivity index (χ1n) is 8.96. The minimum Gasteiger partial charge on any atom is -0.381 e. The quantitative estimate of drug-likeness (QED) is 0.135. The third kappa shape index (κ3) is 8.04. The van der Waals surface area contributed by atoms with Gasteiger partial charge in [0.2, 0.25) is 5.91 Å². The van der Waals surface area contributed by atoms with E-state index in [2.05, 4.69) is 20.9 Å². The molecule has 26 heavy (non-hydrogen) atoms. The van der Waals surface area contributed by atoms with Gasteiger partial charge in [0.25, 0.3) is 0 Å². The molecule has 0 saturated carbocycles. The normalized spacial score (nSPS) is 20.1. The highest BCUT2D eigenvalue weighted by Gasteiger charge is 2.27. The van der Waals surface area contributed by atoms with E-state index in [9.17, 15) is 9.59 Å². The zero-order chi connectivity index (χ0) is 17.9. The number of amides is 3. The second-order valence-corrected chi connectivity index (χ2v) is 6.05. The van der Waals surface area contributed by atoms with E-state index in [0.717, 1.165) is 39.2 Å². The number of aliphatic imine (C=N–C) groups is 1. The Morgan fingerprint density at radius 2 is 2.27 bits per heavy atom. The number of nitrogens with one attached hydrogen (secondary N) is 3. The fourth-order valence-electron chi connectivity index (χ4n) is 2.63. The third-order valence-electron chi connectivity index (χ3n) is 4.00. The van der Waals surface area contributed by atoms with Crippen LogP contribution >= 0.6 is 24.0 Å². The van der Waals surface area contributed by atoms with Crippen molar-refractivity contribution in [1.82, 2.24) is 20.9 Å². The first-order chi connectivity index (χ1) is 12.2. The second kappa shape index (κ2) is 13.1. The van der Waals surface area contributed by atoms with Crippen molar-refractivity contribution in [3.05, 3.63) is 0 Å². The van der Waals surface area contributed by atoms with Crippen molar-refractivity contribution in [3.8, 4) is 0 Å². The van der Waals surface area contributed by atoms with Crippen LogP contribution in [0.3, 0.4) is 0 Å². The monoisotopic (exact) mass is 483 g/mol. The van der Waals surface area contributed by atoms with Crippen LogP contribution in [-0.4, -0.2) is 81.9 Å². The SMILES string of the molecule is CCNC(=NCCCOCC1CCOC1)NCCN1C(=O)CNC1=O.I. The van der Waals surface area contributed by atoms with Gasteiger partial charge < -0.3 is 25.4 Å². The fraction of sp³-hybridized carbons (Fsp3) is 0.812. The van der Waals surface area contributed by atoms with Gasteiger partial charge in [-0.05, 0) is 19.8 Å². The number of rotatable bonds is 10. The van der Waals surface area contributed by atoms with Crippen molar-refractivity contribution in [2.45, 2.75) is 19.8 Å². The first-order valence-corrected chi connectivity index (χ1v) is 8.96. The number of ether oxygens (including phenoxy) is 2. The van der Waals surface area contributed by atoms with Gasteiger partial charge in [0.1, 0.15) is 0 Å². The van der Waals surface area contributed by atoms with Crippen molar-refractivity contribution >= 4 is 41.9 Å². The van der Waals surface area contributed by atoms with Crippen LogP contribution < -0.4 is 16.0 Å². The van der Waals surface area contributed by atoms with Crippen molar-refractivity contribution < 1.29 is 19.1 Å². The van der Waals surface area contributed by atoms with Crippen molar-refractivity contribution in [1.29, 1.82) is 0 Å². The molecule has 9 nitrogen and oxygen atoms in total. The number of hydrogen-bond acceptors (Lipinski definition) is 5. The number of urea groups is 1. The van der Waals surface area contributed by atoms with Gasteiger partial charge in [0, 0.05) is 45.3 Å². The number of hydrogen-bond donors (Lipinski definition) is 3. The fourth-order valence-corrected chi connectivity index (χ4v) is 2.63. The maximum absolute atomic E-state index is 11.5. The lowest BCUT2D eigenvalue weighted by Crippen LogP contribution is -2.43. The number of nitrogens with zero attached hydrogens (tertiary/aromatic N) is 2. The molecule has 3 N–H and O–H groups in total. The van der Waals surface area contributed by atoms with Gasteiger partial charge in [-0.3, -0.25) is 14.7 Å². The number of carbonyl (C=O) groups is 2. The molecule has 150 valence electrons. The first kappa shape index (κ1) is 22.9. The molecule has 1 unspecified atom stereocenters. The number of carbonyl (C=O) groups excluding carboxylic acids is 2. The van der Waals surface area contributed by atoms with Crippen molar-refractivity contribution in [3.63, 3.8) is 0 Å². The summed E-state index contributed by atoms with van der Waals surface area (Å²) in [5.41, 5.74) is 0. The van der Waals surface area contributed by atoms with E-state index in [1.807, 2.05) is 6.92 Å². The highest BCUT2D eigenvalue weighted by Crippen LogP contribution is 2.12. The van der Waals surface area contributed by atoms with Crippen molar-refractivity contribution in [2.75, 3.05) is 59.2 Å². The van der Waals surface area contributed by atoms with E-state index < -0.39 is 0 Å². The lowest BCUT2D eigenvalue weighted by Gasteiger charge is -2.15. The van der Waals surface area contributed by atoms with Crippen molar-refractivity contribution in [2.24, 2.45) is 10.9 Å². The Hall–Kier alpha value is -1.14. The summed E-state index contributed by atoms with van der Waals surface area (Å²) in [4.78, 5) is 28.6. The molecule has 2 rings (SSSR count). The summed E-state index contributed by atoms with van der Waals surface area (Å²) >= 11 is 0. The molecule has 0 bridgehead atoms. The molecule has 2 aliphatic rings. The molecule has 2 fully saturated rings. The molecule has 0 aromatic carbocycles. The minimum atomic E-state index is -0.335. The number of imide groups is 1. The van der Waals surface area contributed by atoms with Gasteiger partial charge in [-0.1, -0.05) is 0 Å². The Kier molecular flexibility index (Phi) is 11.5. The number of guanidine groups is 1. The molecule has 0 spiro atoms. The molecule has 10 heteroatoms. The van der Waals surface area contributed by atoms with Gasteiger partial charge in [0.15, 0.2) is 5.96 Å². The van der Waals surface area contributed by atoms with Gasteiger partial charge in [-0.2, -0.15) is 0 Å². The average Bonchev–Trinajstić information content (AvgIpc) is 3.22. The van der Waals surface area contributed by atoms with Gasteiger partial charge in [-0.25, -0.2) is 4.79 Å². The van der Waals surface area contributed by atoms with E-state index >= 15 is 0 Å². The van der Waals surface area contributed by atoms with Gasteiger partial charge >= 0.3 is 6.03 Å². The Labute approximate surface area is 171 Å². The largest absolute Gasteiger partial charge is 0.381 e. The van der Waals surface area contributed by atoms with Crippen LogP contribution in [0.5, 0.6) is 0 Å². The molecule has 0 aromatic rings. The predicted molar refractivity (Wildman–Crippen MR) is 109 cm³/mol. The smallest absolute Gasteiger partial charge is 0.324 e. The van der Waals surface area contributed by atoms with E-state index in [1.165, 1.54) is 4.90 Å². The zero-order valence-electron chi connectivity index (χ0n) is 15.3. The lowest BCUT2D eigenvalue weighted by atomic mass is 10.1. The van der Waals surface area contributed by atoms with Crippen LogP contribution in [0.2, 0.25) is 0 Å². The summed E-state index contributed by atoms with van der Waals surface area (Å²) in [6, 6.07) is -0.335. The highest BCUT2D eigenvalue weighted by atomic mass is 127. The van der Waals surface area contributed by atoms with Crippen LogP contribution in [0.1, 0.15) is 19.8 Å². The summed E-state index contributed by atoms with van der Waals surface area (Å²) < 4.78 is 11.0. The topological polar surface area (TPSA) is 104 Å². The summed E-state index contributed by atoms with van der Waals surface area (Å²) in [6.45, 7) is 7.35. The Bertz CT molecular complexity index is 456. The molecule has 0 radical (unpaired) electrons. The van der Waals surface area contributed by atoms with Crippen LogP contribution in [0, 0.1) is 5.92 Å². The zero-order valence-corrected chi connectivity index (χ0v) is 17.6. The molecular formula is C16H30IN5O4. The van der Waals surface area contributed by atoms with E-state index in [0.29, 0.717) is 38.1 Å². The molecule has 2 saturated heterocycles. The summed E-state index contributed by atoms with van der Waals surface area (Å²) in [5, 5.41) is 8.77. The Morgan fingerprint density at radius 1 is 1.42 bits per heavy atom. The summed E-state index contributed by atoms with van der Waals surface area (Å²) in [5.74, 6) is 1.02. The second-order valence-electron chi connectivity index (χ2n) is 6.05. The van der Waals surface area contributed by atoms with Gasteiger partial charge in [0.05, 0.1) is 19.8 Å². The molecule has 3 amide bonds. The Morgan fingerprint density at radius 3 is 2.92 bits per heavy atom. The third-order valence-corrected chi connectivity index (χ3v) is 4.00. The van der Waals surface area contributed by atoms with Crippen LogP contribution in [0.4, 0.5) is 4.79 Å². The summed E-state index contributed by atoms with van der Waals surface area (Å²) in [7, 11) is 0. The Balaban J connectivity index is 0.00000338. The van der Waals surface area contributed by atoms with Crippen LogP contribution in [-0.2, 0) is 14.3 Å². The summed E-state index contributed by atoms with van der Waals surface area (Å²) in [6.07, 6.45) is 1.93. The highest BCUT2D eigenvalue weighted by molar-refractivity contribution is 14.0. The molecule has 0 aliphatic carbocycles. The van der Waals surface area contributed by atoms with E-state index in [1.54, 1.807) is 0 Å². The van der Waals surface area contributed by atoms with E-state index in [4.69, 9.17) is 9.47 Å². The molecule has 2 heterocycles. The van der Waals surface area contributed by atoms with Crippen LogP contribution in [0.15, 0.2) is 4.99 Å². The molecule has 2 aliphatic heterocycles. The molecule has 1 atom stereocenters. The molecular weight excluding hydrogens is 453 g/mol. The molecule has 0 aromatic heterocycles.